The number of aliphatic hydroxyl groups is 1. The van der Waals surface area contributed by atoms with Gasteiger partial charge in [-0.15, -0.1) is 6.58 Å². The van der Waals surface area contributed by atoms with Crippen LogP contribution in [0, 0.1) is 0 Å². The van der Waals surface area contributed by atoms with Crippen LogP contribution < -0.4 is 5.32 Å². The van der Waals surface area contributed by atoms with Gasteiger partial charge in [0.15, 0.2) is 5.60 Å². The number of fused-ring (bicyclic) bond motifs is 3. The third kappa shape index (κ3) is 4.34. The second-order valence-electron chi connectivity index (χ2n) is 8.39. The van der Waals surface area contributed by atoms with Gasteiger partial charge < -0.3 is 25.2 Å². The summed E-state index contributed by atoms with van der Waals surface area (Å²) in [4.78, 5) is 38.0. The fraction of sp³-hybridized carbons (Fsp3) is 0.320. The summed E-state index contributed by atoms with van der Waals surface area (Å²) >= 11 is 0. The summed E-state index contributed by atoms with van der Waals surface area (Å²) in [5.74, 6) is -1.97. The molecule has 1 saturated heterocycles. The number of carboxylic acids is 1. The highest BCUT2D eigenvalue weighted by molar-refractivity contribution is 5.88. The summed E-state index contributed by atoms with van der Waals surface area (Å²) in [7, 11) is 0. The number of aliphatic carboxylic acids is 1. The average molecular weight is 450 g/mol. The summed E-state index contributed by atoms with van der Waals surface area (Å²) < 4.78 is 5.51. The number of carboxylic acid groups (broad SMARTS) is 1. The molecule has 3 N–H and O–H groups in total. The van der Waals surface area contributed by atoms with Crippen LogP contribution in [0.5, 0.6) is 0 Å². The fourth-order valence-corrected chi connectivity index (χ4v) is 4.55. The summed E-state index contributed by atoms with van der Waals surface area (Å²) in [6, 6.07) is 15.0. The van der Waals surface area contributed by atoms with Gasteiger partial charge in [-0.1, -0.05) is 54.6 Å². The van der Waals surface area contributed by atoms with Crippen LogP contribution in [0.15, 0.2) is 61.2 Å². The highest BCUT2D eigenvalue weighted by Crippen LogP contribution is 2.44. The molecule has 1 aliphatic heterocycles. The van der Waals surface area contributed by atoms with Gasteiger partial charge in [-0.3, -0.25) is 4.79 Å². The zero-order valence-corrected chi connectivity index (χ0v) is 18.1. The Bertz CT molecular complexity index is 1050. The molecule has 4 rings (SSSR count). The average Bonchev–Trinajstić information content (AvgIpc) is 3.36. The Morgan fingerprint density at radius 2 is 1.76 bits per heavy atom. The first-order valence-corrected chi connectivity index (χ1v) is 10.8. The summed E-state index contributed by atoms with van der Waals surface area (Å²) in [5.41, 5.74) is 2.41. The van der Waals surface area contributed by atoms with E-state index in [2.05, 4.69) is 11.9 Å². The van der Waals surface area contributed by atoms with Gasteiger partial charge in [0.05, 0.1) is 6.54 Å². The Labute approximate surface area is 191 Å². The molecule has 0 bridgehead atoms. The molecule has 172 valence electrons. The molecule has 1 aliphatic carbocycles. The maximum absolute atomic E-state index is 12.9. The Kier molecular flexibility index (Phi) is 6.20. The standard InChI is InChI=1S/C25H26N2O6/c1-2-7-21(22(28)27-13-12-25(32,15-27)23(29)30)26-24(31)33-14-20-18-10-5-3-8-16(18)17-9-4-6-11-19(17)20/h2-6,8-11,20-21,32H,1,7,12-15H2,(H,26,31)(H,29,30). The smallest absolute Gasteiger partial charge is 0.407 e. The lowest BCUT2D eigenvalue weighted by Gasteiger charge is -2.24. The first-order valence-electron chi connectivity index (χ1n) is 10.8. The lowest BCUT2D eigenvalue weighted by molar-refractivity contribution is -0.157. The van der Waals surface area contributed by atoms with Gasteiger partial charge in [0.1, 0.15) is 12.6 Å². The molecule has 33 heavy (non-hydrogen) atoms. The molecule has 8 nitrogen and oxygen atoms in total. The molecule has 0 radical (unpaired) electrons. The summed E-state index contributed by atoms with van der Waals surface area (Å²) in [6.07, 6.45) is 0.821. The van der Waals surface area contributed by atoms with Crippen molar-refractivity contribution in [1.29, 1.82) is 0 Å². The van der Waals surface area contributed by atoms with E-state index in [1.54, 1.807) is 0 Å². The highest BCUT2D eigenvalue weighted by Gasteiger charge is 2.45. The quantitative estimate of drug-likeness (QED) is 0.558. The van der Waals surface area contributed by atoms with E-state index in [1.807, 2.05) is 48.5 Å². The predicted octanol–water partition coefficient (Wildman–Crippen LogP) is 2.52. The third-order valence-corrected chi connectivity index (χ3v) is 6.29. The number of hydrogen-bond donors (Lipinski definition) is 3. The molecule has 2 aromatic rings. The highest BCUT2D eigenvalue weighted by atomic mass is 16.5. The minimum absolute atomic E-state index is 0.0696. The Morgan fingerprint density at radius 3 is 2.30 bits per heavy atom. The number of alkyl carbamates (subject to hydrolysis) is 1. The summed E-state index contributed by atoms with van der Waals surface area (Å²) in [5, 5.41) is 21.9. The van der Waals surface area contributed by atoms with Crippen molar-refractivity contribution < 1.29 is 29.3 Å². The molecule has 0 saturated carbocycles. The van der Waals surface area contributed by atoms with Crippen molar-refractivity contribution in [3.8, 4) is 11.1 Å². The molecule has 8 heteroatoms. The number of carbonyl (C=O) groups is 3. The third-order valence-electron chi connectivity index (χ3n) is 6.29. The first-order chi connectivity index (χ1) is 15.8. The maximum Gasteiger partial charge on any atom is 0.407 e. The van der Waals surface area contributed by atoms with E-state index in [1.165, 1.54) is 11.0 Å². The topological polar surface area (TPSA) is 116 Å². The van der Waals surface area contributed by atoms with Crippen LogP contribution in [0.25, 0.3) is 11.1 Å². The van der Waals surface area contributed by atoms with Crippen LogP contribution in [0.4, 0.5) is 4.79 Å². The van der Waals surface area contributed by atoms with Crippen molar-refractivity contribution in [2.75, 3.05) is 19.7 Å². The summed E-state index contributed by atoms with van der Waals surface area (Å²) in [6.45, 7) is 3.49. The van der Waals surface area contributed by atoms with Crippen molar-refractivity contribution in [3.05, 3.63) is 72.3 Å². The molecule has 1 fully saturated rings. The van der Waals surface area contributed by atoms with Crippen molar-refractivity contribution in [2.45, 2.75) is 30.4 Å². The zero-order chi connectivity index (χ0) is 23.6. The first kappa shape index (κ1) is 22.5. The molecule has 0 spiro atoms. The van der Waals surface area contributed by atoms with Gasteiger partial charge in [0.25, 0.3) is 0 Å². The molecule has 2 atom stereocenters. The van der Waals surface area contributed by atoms with Crippen molar-refractivity contribution in [3.63, 3.8) is 0 Å². The Hall–Kier alpha value is -3.65. The SMILES string of the molecule is C=CCC(NC(=O)OCC1c2ccccc2-c2ccccc21)C(=O)N1CCC(O)(C(=O)O)C1. The second kappa shape index (κ2) is 9.07. The molecule has 2 amide bonds. The number of β-amino-alcohol motifs (C(OH)–C–C–N with tert-alkyl or cyclic N) is 1. The number of rotatable bonds is 7. The van der Waals surface area contributed by atoms with Crippen LogP contribution >= 0.6 is 0 Å². The van der Waals surface area contributed by atoms with Crippen molar-refractivity contribution in [1.82, 2.24) is 10.2 Å². The van der Waals surface area contributed by atoms with Crippen LogP contribution in [0.3, 0.4) is 0 Å². The normalized spacial score (nSPS) is 20.0. The molecular weight excluding hydrogens is 424 g/mol. The number of carbonyl (C=O) groups excluding carboxylic acids is 2. The lowest BCUT2D eigenvalue weighted by atomic mass is 9.98. The maximum atomic E-state index is 12.9. The van der Waals surface area contributed by atoms with E-state index in [4.69, 9.17) is 4.74 Å². The number of nitrogens with one attached hydrogen (secondary N) is 1. The Balaban J connectivity index is 1.41. The number of hydrogen-bond acceptors (Lipinski definition) is 5. The van der Waals surface area contributed by atoms with Crippen LogP contribution in [0.1, 0.15) is 29.9 Å². The van der Waals surface area contributed by atoms with E-state index >= 15 is 0 Å². The molecule has 0 aromatic heterocycles. The van der Waals surface area contributed by atoms with E-state index in [-0.39, 0.29) is 38.5 Å². The monoisotopic (exact) mass is 450 g/mol. The zero-order valence-electron chi connectivity index (χ0n) is 18.1. The Morgan fingerprint density at radius 1 is 1.15 bits per heavy atom. The molecule has 2 aromatic carbocycles. The number of amides is 2. The number of benzene rings is 2. The molecular formula is C25H26N2O6. The van der Waals surface area contributed by atoms with E-state index in [0.29, 0.717) is 0 Å². The molecule has 2 unspecified atom stereocenters. The van der Waals surface area contributed by atoms with Gasteiger partial charge >= 0.3 is 12.1 Å². The van der Waals surface area contributed by atoms with E-state index in [9.17, 15) is 24.6 Å². The van der Waals surface area contributed by atoms with Gasteiger partial charge in [-0.2, -0.15) is 0 Å². The van der Waals surface area contributed by atoms with Gasteiger partial charge in [0, 0.05) is 18.9 Å². The fourth-order valence-electron chi connectivity index (χ4n) is 4.55. The molecule has 2 aliphatic rings. The number of nitrogens with zero attached hydrogens (tertiary/aromatic N) is 1. The minimum atomic E-state index is -1.97. The van der Waals surface area contributed by atoms with Gasteiger partial charge in [-0.05, 0) is 28.7 Å². The van der Waals surface area contributed by atoms with Crippen LogP contribution in [-0.2, 0) is 14.3 Å². The van der Waals surface area contributed by atoms with E-state index < -0.39 is 29.6 Å². The van der Waals surface area contributed by atoms with Crippen molar-refractivity contribution in [2.24, 2.45) is 0 Å². The predicted molar refractivity (Wildman–Crippen MR) is 121 cm³/mol. The largest absolute Gasteiger partial charge is 0.479 e. The van der Waals surface area contributed by atoms with Crippen molar-refractivity contribution >= 4 is 18.0 Å². The minimum Gasteiger partial charge on any atom is -0.479 e. The lowest BCUT2D eigenvalue weighted by Crippen LogP contribution is -2.50. The molecule has 1 heterocycles. The van der Waals surface area contributed by atoms with Crippen LogP contribution in [0.2, 0.25) is 0 Å². The van der Waals surface area contributed by atoms with Gasteiger partial charge in [-0.25, -0.2) is 9.59 Å². The number of likely N-dealkylation sites (tertiary alicyclic amines) is 1. The second-order valence-corrected chi connectivity index (χ2v) is 8.39. The number of ether oxygens (including phenoxy) is 1. The van der Waals surface area contributed by atoms with Gasteiger partial charge in [0.2, 0.25) is 5.91 Å². The van der Waals surface area contributed by atoms with E-state index in [0.717, 1.165) is 22.3 Å². The van der Waals surface area contributed by atoms with Crippen LogP contribution in [-0.4, -0.2) is 64.4 Å².